The minimum Gasteiger partial charge on any atom is -0.312 e. The minimum absolute atomic E-state index is 0.0239. The first-order valence-electron chi connectivity index (χ1n) is 2.75. The summed E-state index contributed by atoms with van der Waals surface area (Å²) in [5.41, 5.74) is 5.55. The second-order valence-corrected chi connectivity index (χ2v) is 3.52. The molecule has 1 aliphatic rings. The van der Waals surface area contributed by atoms with Crippen molar-refractivity contribution < 1.29 is 0 Å². The van der Waals surface area contributed by atoms with Crippen molar-refractivity contribution in [3.05, 3.63) is 0 Å². The smallest absolute Gasteiger partial charge is 0.108 e. The van der Waals surface area contributed by atoms with E-state index in [1.165, 1.54) is 0 Å². The van der Waals surface area contributed by atoms with Gasteiger partial charge in [-0.05, 0) is 19.3 Å². The second-order valence-electron chi connectivity index (χ2n) is 2.29. The largest absolute Gasteiger partial charge is 0.312 e. The lowest BCUT2D eigenvalue weighted by Gasteiger charge is -2.17. The summed E-state index contributed by atoms with van der Waals surface area (Å²) in [6, 6.07) is 0. The highest BCUT2D eigenvalue weighted by molar-refractivity contribution is 6.32. The molecule has 1 saturated carbocycles. The van der Waals surface area contributed by atoms with Gasteiger partial charge in [-0.2, -0.15) is 0 Å². The fraction of sp³-hybridized carbons (Fsp3) is 1.00. The number of halogens is 2. The molecule has 0 amide bonds. The van der Waals surface area contributed by atoms with E-state index in [0.717, 1.165) is 19.3 Å². The summed E-state index contributed by atoms with van der Waals surface area (Å²) in [6.07, 6.45) is 2.87. The van der Waals surface area contributed by atoms with E-state index >= 15 is 0 Å². The minimum atomic E-state index is -0.610. The average molecular weight is 154 g/mol. The molecule has 0 aliphatic heterocycles. The maximum atomic E-state index is 5.76. The van der Waals surface area contributed by atoms with Crippen LogP contribution in [0.4, 0.5) is 0 Å². The molecule has 2 atom stereocenters. The lowest BCUT2D eigenvalue weighted by Crippen LogP contribution is -2.37. The van der Waals surface area contributed by atoms with Crippen LogP contribution in [0.3, 0.4) is 0 Å². The van der Waals surface area contributed by atoms with Gasteiger partial charge in [0.15, 0.2) is 0 Å². The average Bonchev–Trinajstić information content (AvgIpc) is 1.86. The van der Waals surface area contributed by atoms with E-state index in [0.29, 0.717) is 0 Å². The molecule has 0 aromatic rings. The van der Waals surface area contributed by atoms with Crippen LogP contribution in [0.15, 0.2) is 0 Å². The third-order valence-corrected chi connectivity index (χ3v) is 2.71. The Kier molecular flexibility index (Phi) is 1.71. The fourth-order valence-electron chi connectivity index (χ4n) is 0.949. The van der Waals surface area contributed by atoms with E-state index in [9.17, 15) is 0 Å². The monoisotopic (exact) mass is 153 g/mol. The third kappa shape index (κ3) is 1.09. The van der Waals surface area contributed by atoms with Gasteiger partial charge in [0, 0.05) is 0 Å². The van der Waals surface area contributed by atoms with Crippen molar-refractivity contribution in [3.8, 4) is 0 Å². The molecule has 1 fully saturated rings. The van der Waals surface area contributed by atoms with Crippen LogP contribution in [0.1, 0.15) is 19.3 Å². The molecule has 8 heavy (non-hydrogen) atoms. The van der Waals surface area contributed by atoms with Crippen LogP contribution >= 0.6 is 23.2 Å². The van der Waals surface area contributed by atoms with E-state index in [1.54, 1.807) is 0 Å². The Morgan fingerprint density at radius 2 is 2.25 bits per heavy atom. The lowest BCUT2D eigenvalue weighted by molar-refractivity contribution is 0.631. The fourth-order valence-corrected chi connectivity index (χ4v) is 1.45. The molecule has 0 heterocycles. The molecule has 2 unspecified atom stereocenters. The van der Waals surface area contributed by atoms with Crippen LogP contribution in [0, 0.1) is 0 Å². The molecule has 3 heteroatoms. The molecule has 0 bridgehead atoms. The Balaban J connectivity index is 2.54. The Morgan fingerprint density at radius 3 is 2.38 bits per heavy atom. The molecule has 1 aliphatic carbocycles. The van der Waals surface area contributed by atoms with Gasteiger partial charge in [0.05, 0.1) is 5.38 Å². The zero-order chi connectivity index (χ0) is 6.20. The molecule has 0 aromatic carbocycles. The van der Waals surface area contributed by atoms with Gasteiger partial charge in [-0.25, -0.2) is 0 Å². The highest BCUT2D eigenvalue weighted by atomic mass is 35.5. The molecular formula is C5H9Cl2N. The van der Waals surface area contributed by atoms with E-state index in [2.05, 4.69) is 0 Å². The van der Waals surface area contributed by atoms with Crippen LogP contribution in [0.2, 0.25) is 0 Å². The molecule has 2 N–H and O–H groups in total. The van der Waals surface area contributed by atoms with Crippen LogP contribution in [0.25, 0.3) is 0 Å². The van der Waals surface area contributed by atoms with Gasteiger partial charge in [-0.3, -0.25) is 0 Å². The molecule has 0 saturated heterocycles. The van der Waals surface area contributed by atoms with Crippen molar-refractivity contribution in [3.63, 3.8) is 0 Å². The number of hydrogen-bond acceptors (Lipinski definition) is 1. The highest BCUT2D eigenvalue weighted by Gasteiger charge is 2.35. The first kappa shape index (κ1) is 6.66. The van der Waals surface area contributed by atoms with E-state index in [4.69, 9.17) is 28.9 Å². The van der Waals surface area contributed by atoms with Crippen molar-refractivity contribution in [2.75, 3.05) is 0 Å². The van der Waals surface area contributed by atoms with Crippen LogP contribution in [-0.4, -0.2) is 10.4 Å². The summed E-state index contributed by atoms with van der Waals surface area (Å²) in [7, 11) is 0. The van der Waals surface area contributed by atoms with Gasteiger partial charge in [0.25, 0.3) is 0 Å². The third-order valence-electron chi connectivity index (χ3n) is 1.54. The lowest BCUT2D eigenvalue weighted by atomic mass is 10.3. The van der Waals surface area contributed by atoms with E-state index in [1.807, 2.05) is 0 Å². The zero-order valence-corrected chi connectivity index (χ0v) is 6.04. The number of hydrogen-bond donors (Lipinski definition) is 1. The van der Waals surface area contributed by atoms with Crippen LogP contribution in [-0.2, 0) is 0 Å². The van der Waals surface area contributed by atoms with Gasteiger partial charge in [0.2, 0.25) is 0 Å². The standard InChI is InChI=1S/C5H9Cl2N/c6-4-2-1-3-5(4,7)8/h4H,1-3,8H2. The number of rotatable bonds is 0. The Morgan fingerprint density at radius 1 is 1.62 bits per heavy atom. The summed E-state index contributed by atoms with van der Waals surface area (Å²) in [5, 5.41) is -0.0239. The molecule has 48 valence electrons. The van der Waals surface area contributed by atoms with Crippen LogP contribution < -0.4 is 5.73 Å². The van der Waals surface area contributed by atoms with Gasteiger partial charge in [-0.1, -0.05) is 0 Å². The second kappa shape index (κ2) is 2.05. The topological polar surface area (TPSA) is 26.0 Å². The summed E-state index contributed by atoms with van der Waals surface area (Å²) in [4.78, 5) is -0.610. The molecule has 0 aromatic heterocycles. The summed E-state index contributed by atoms with van der Waals surface area (Å²) in [5.74, 6) is 0. The van der Waals surface area contributed by atoms with Gasteiger partial charge in [0.1, 0.15) is 5.00 Å². The predicted octanol–water partition coefficient (Wildman–Crippen LogP) is 1.67. The highest BCUT2D eigenvalue weighted by Crippen LogP contribution is 2.34. The molecule has 0 spiro atoms. The van der Waals surface area contributed by atoms with Gasteiger partial charge in [-0.15, -0.1) is 23.2 Å². The maximum Gasteiger partial charge on any atom is 0.108 e. The van der Waals surface area contributed by atoms with Crippen molar-refractivity contribution in [1.82, 2.24) is 0 Å². The molecular weight excluding hydrogens is 145 g/mol. The van der Waals surface area contributed by atoms with Gasteiger partial charge < -0.3 is 5.73 Å². The normalized spacial score (nSPS) is 47.6. The van der Waals surface area contributed by atoms with Gasteiger partial charge >= 0.3 is 0 Å². The quantitative estimate of drug-likeness (QED) is 0.416. The Hall–Kier alpha value is 0.540. The van der Waals surface area contributed by atoms with Crippen molar-refractivity contribution in [2.24, 2.45) is 5.73 Å². The predicted molar refractivity (Wildman–Crippen MR) is 36.3 cm³/mol. The SMILES string of the molecule is NC1(Cl)CCCC1Cl. The van der Waals surface area contributed by atoms with Crippen molar-refractivity contribution in [2.45, 2.75) is 29.6 Å². The van der Waals surface area contributed by atoms with Crippen molar-refractivity contribution >= 4 is 23.2 Å². The van der Waals surface area contributed by atoms with E-state index < -0.39 is 5.00 Å². The molecule has 1 nitrogen and oxygen atoms in total. The summed E-state index contributed by atoms with van der Waals surface area (Å²) < 4.78 is 0. The maximum absolute atomic E-state index is 5.76. The number of nitrogens with two attached hydrogens (primary N) is 1. The summed E-state index contributed by atoms with van der Waals surface area (Å²) in [6.45, 7) is 0. The molecule has 0 radical (unpaired) electrons. The number of alkyl halides is 2. The summed E-state index contributed by atoms with van der Waals surface area (Å²) >= 11 is 11.5. The van der Waals surface area contributed by atoms with E-state index in [-0.39, 0.29) is 5.38 Å². The zero-order valence-electron chi connectivity index (χ0n) is 4.53. The Bertz CT molecular complexity index is 92.4. The Labute approximate surface area is 59.1 Å². The van der Waals surface area contributed by atoms with Crippen molar-refractivity contribution in [1.29, 1.82) is 0 Å². The first-order valence-corrected chi connectivity index (χ1v) is 3.56. The first-order chi connectivity index (χ1) is 3.63. The van der Waals surface area contributed by atoms with Crippen LogP contribution in [0.5, 0.6) is 0 Å². The molecule has 1 rings (SSSR count).